The van der Waals surface area contributed by atoms with Crippen molar-refractivity contribution in [3.63, 3.8) is 0 Å². The first-order valence-corrected chi connectivity index (χ1v) is 5.78. The van der Waals surface area contributed by atoms with E-state index in [1.54, 1.807) is 0 Å². The Morgan fingerprint density at radius 2 is 2.36 bits per heavy atom. The van der Waals surface area contributed by atoms with E-state index in [9.17, 15) is 0 Å². The molecule has 2 atom stereocenters. The van der Waals surface area contributed by atoms with E-state index >= 15 is 0 Å². The number of rotatable bonds is 6. The molecule has 0 aromatic heterocycles. The van der Waals surface area contributed by atoms with Gasteiger partial charge in [-0.25, -0.2) is 0 Å². The number of nitrogens with two attached hydrogens (primary N) is 1. The van der Waals surface area contributed by atoms with Crippen molar-refractivity contribution in [2.75, 3.05) is 19.8 Å². The van der Waals surface area contributed by atoms with Crippen molar-refractivity contribution in [2.45, 2.75) is 51.2 Å². The molecule has 1 saturated heterocycles. The quantitative estimate of drug-likeness (QED) is 0.665. The standard InChI is InChI=1S/C11H23NO2/c1-2-6-13-9-10(12)8-11-5-3-4-7-14-11/h10-11H,2-9,12H2,1H3. The number of hydrogen-bond donors (Lipinski definition) is 1. The monoisotopic (exact) mass is 201 g/mol. The van der Waals surface area contributed by atoms with Gasteiger partial charge in [-0.1, -0.05) is 6.92 Å². The molecule has 1 rings (SSSR count). The van der Waals surface area contributed by atoms with Gasteiger partial charge < -0.3 is 15.2 Å². The fourth-order valence-corrected chi connectivity index (χ4v) is 1.78. The second-order valence-corrected chi connectivity index (χ2v) is 4.06. The molecule has 3 heteroatoms. The SMILES string of the molecule is CCCOCC(N)CC1CCCCO1. The molecule has 1 fully saturated rings. The van der Waals surface area contributed by atoms with Gasteiger partial charge in [0, 0.05) is 19.3 Å². The Morgan fingerprint density at radius 1 is 1.50 bits per heavy atom. The van der Waals surface area contributed by atoms with Crippen molar-refractivity contribution in [1.82, 2.24) is 0 Å². The molecule has 0 saturated carbocycles. The van der Waals surface area contributed by atoms with E-state index in [4.69, 9.17) is 15.2 Å². The third kappa shape index (κ3) is 4.94. The lowest BCUT2D eigenvalue weighted by molar-refractivity contribution is 0.000218. The molecule has 3 nitrogen and oxygen atoms in total. The summed E-state index contributed by atoms with van der Waals surface area (Å²) >= 11 is 0. The summed E-state index contributed by atoms with van der Waals surface area (Å²) in [4.78, 5) is 0. The molecule has 0 amide bonds. The summed E-state index contributed by atoms with van der Waals surface area (Å²) in [5.41, 5.74) is 5.94. The smallest absolute Gasteiger partial charge is 0.0618 e. The molecule has 0 aromatic rings. The van der Waals surface area contributed by atoms with Gasteiger partial charge in [0.15, 0.2) is 0 Å². The minimum Gasteiger partial charge on any atom is -0.380 e. The molecule has 14 heavy (non-hydrogen) atoms. The molecule has 2 N–H and O–H groups in total. The van der Waals surface area contributed by atoms with Gasteiger partial charge in [-0.05, 0) is 32.1 Å². The first-order valence-electron chi connectivity index (χ1n) is 5.78. The predicted octanol–water partition coefficient (Wildman–Crippen LogP) is 1.70. The summed E-state index contributed by atoms with van der Waals surface area (Å²) in [5, 5.41) is 0. The normalized spacial score (nSPS) is 24.9. The van der Waals surface area contributed by atoms with E-state index in [0.717, 1.165) is 26.1 Å². The summed E-state index contributed by atoms with van der Waals surface area (Å²) in [5.74, 6) is 0. The van der Waals surface area contributed by atoms with Crippen LogP contribution in [0.15, 0.2) is 0 Å². The third-order valence-electron chi connectivity index (χ3n) is 2.52. The fourth-order valence-electron chi connectivity index (χ4n) is 1.78. The van der Waals surface area contributed by atoms with Gasteiger partial charge in [0.1, 0.15) is 0 Å². The van der Waals surface area contributed by atoms with Gasteiger partial charge in [-0.15, -0.1) is 0 Å². The van der Waals surface area contributed by atoms with Crippen molar-refractivity contribution in [3.05, 3.63) is 0 Å². The zero-order chi connectivity index (χ0) is 10.2. The molecular weight excluding hydrogens is 178 g/mol. The first kappa shape index (κ1) is 12.0. The Kier molecular flexibility index (Phi) is 6.15. The van der Waals surface area contributed by atoms with E-state index in [0.29, 0.717) is 12.7 Å². The average Bonchev–Trinajstić information content (AvgIpc) is 2.20. The van der Waals surface area contributed by atoms with Crippen molar-refractivity contribution >= 4 is 0 Å². The van der Waals surface area contributed by atoms with Crippen LogP contribution in [0.1, 0.15) is 39.0 Å². The fraction of sp³-hybridized carbons (Fsp3) is 1.00. The van der Waals surface area contributed by atoms with Gasteiger partial charge in [0.2, 0.25) is 0 Å². The molecular formula is C11H23NO2. The van der Waals surface area contributed by atoms with Crippen LogP contribution in [0, 0.1) is 0 Å². The summed E-state index contributed by atoms with van der Waals surface area (Å²) in [6, 6.07) is 0.143. The highest BCUT2D eigenvalue weighted by Crippen LogP contribution is 2.16. The van der Waals surface area contributed by atoms with Crippen molar-refractivity contribution in [2.24, 2.45) is 5.73 Å². The molecule has 1 aliphatic heterocycles. The Bertz CT molecular complexity index is 135. The molecule has 0 bridgehead atoms. The highest BCUT2D eigenvalue weighted by atomic mass is 16.5. The lowest BCUT2D eigenvalue weighted by Crippen LogP contribution is -2.33. The van der Waals surface area contributed by atoms with Crippen LogP contribution in [0.5, 0.6) is 0 Å². The maximum atomic E-state index is 5.94. The minimum atomic E-state index is 0.143. The molecule has 1 heterocycles. The Morgan fingerprint density at radius 3 is 3.00 bits per heavy atom. The Labute approximate surface area is 86.9 Å². The predicted molar refractivity (Wildman–Crippen MR) is 57.3 cm³/mol. The van der Waals surface area contributed by atoms with Gasteiger partial charge in [-0.3, -0.25) is 0 Å². The van der Waals surface area contributed by atoms with Crippen LogP contribution in [0.4, 0.5) is 0 Å². The van der Waals surface area contributed by atoms with E-state index in [1.807, 2.05) is 0 Å². The summed E-state index contributed by atoms with van der Waals surface area (Å²) in [6.07, 6.45) is 6.05. The third-order valence-corrected chi connectivity index (χ3v) is 2.52. The van der Waals surface area contributed by atoms with Crippen LogP contribution >= 0.6 is 0 Å². The zero-order valence-corrected chi connectivity index (χ0v) is 9.21. The number of hydrogen-bond acceptors (Lipinski definition) is 3. The van der Waals surface area contributed by atoms with Crippen LogP contribution in [0.25, 0.3) is 0 Å². The molecule has 0 aliphatic carbocycles. The van der Waals surface area contributed by atoms with Crippen molar-refractivity contribution in [1.29, 1.82) is 0 Å². The lowest BCUT2D eigenvalue weighted by atomic mass is 10.0. The highest BCUT2D eigenvalue weighted by Gasteiger charge is 2.17. The van der Waals surface area contributed by atoms with Gasteiger partial charge >= 0.3 is 0 Å². The summed E-state index contributed by atoms with van der Waals surface area (Å²) < 4.78 is 11.0. The summed E-state index contributed by atoms with van der Waals surface area (Å²) in [6.45, 7) is 4.51. The molecule has 0 spiro atoms. The van der Waals surface area contributed by atoms with Crippen LogP contribution in [0.2, 0.25) is 0 Å². The highest BCUT2D eigenvalue weighted by molar-refractivity contribution is 4.71. The molecule has 84 valence electrons. The number of ether oxygens (including phenoxy) is 2. The second-order valence-electron chi connectivity index (χ2n) is 4.06. The Balaban J connectivity index is 2.03. The van der Waals surface area contributed by atoms with Crippen molar-refractivity contribution < 1.29 is 9.47 Å². The van der Waals surface area contributed by atoms with Gasteiger partial charge in [0.05, 0.1) is 12.7 Å². The second kappa shape index (κ2) is 7.21. The van der Waals surface area contributed by atoms with Crippen LogP contribution in [0.3, 0.4) is 0 Å². The van der Waals surface area contributed by atoms with E-state index in [2.05, 4.69) is 6.92 Å². The first-order chi connectivity index (χ1) is 6.83. The molecule has 1 aliphatic rings. The van der Waals surface area contributed by atoms with E-state index in [-0.39, 0.29) is 6.04 Å². The molecule has 0 radical (unpaired) electrons. The largest absolute Gasteiger partial charge is 0.380 e. The molecule has 0 aromatic carbocycles. The lowest BCUT2D eigenvalue weighted by Gasteiger charge is -2.25. The van der Waals surface area contributed by atoms with Crippen LogP contribution < -0.4 is 5.73 Å². The van der Waals surface area contributed by atoms with Gasteiger partial charge in [-0.2, -0.15) is 0 Å². The van der Waals surface area contributed by atoms with Gasteiger partial charge in [0.25, 0.3) is 0 Å². The van der Waals surface area contributed by atoms with Crippen LogP contribution in [-0.4, -0.2) is 32.0 Å². The molecule has 2 unspecified atom stereocenters. The van der Waals surface area contributed by atoms with Crippen LogP contribution in [-0.2, 0) is 9.47 Å². The maximum absolute atomic E-state index is 5.94. The van der Waals surface area contributed by atoms with E-state index in [1.165, 1.54) is 19.3 Å². The minimum absolute atomic E-state index is 0.143. The topological polar surface area (TPSA) is 44.5 Å². The maximum Gasteiger partial charge on any atom is 0.0618 e. The van der Waals surface area contributed by atoms with E-state index < -0.39 is 0 Å². The Hall–Kier alpha value is -0.120. The van der Waals surface area contributed by atoms with Crippen molar-refractivity contribution in [3.8, 4) is 0 Å². The average molecular weight is 201 g/mol. The summed E-state index contributed by atoms with van der Waals surface area (Å²) in [7, 11) is 0. The zero-order valence-electron chi connectivity index (χ0n) is 9.21.